The van der Waals surface area contributed by atoms with Crippen LogP contribution < -0.4 is 5.73 Å². The summed E-state index contributed by atoms with van der Waals surface area (Å²) in [5, 5.41) is 2.39. The van der Waals surface area contributed by atoms with Crippen LogP contribution in [0.4, 0.5) is 0 Å². The van der Waals surface area contributed by atoms with E-state index in [1.54, 1.807) is 12.3 Å². The number of hydrogen-bond acceptors (Lipinski definition) is 5. The minimum atomic E-state index is -0.403. The first kappa shape index (κ1) is 12.7. The molecule has 2 rings (SSSR count). The molecule has 0 radical (unpaired) electrons. The van der Waals surface area contributed by atoms with Gasteiger partial charge in [0.2, 0.25) is 0 Å². The molecule has 0 aliphatic carbocycles. The van der Waals surface area contributed by atoms with E-state index in [4.69, 9.17) is 10.5 Å². The highest BCUT2D eigenvalue weighted by molar-refractivity contribution is 7.10. The molecule has 0 fully saturated rings. The number of carbonyl (C=O) groups is 1. The minimum Gasteiger partial charge on any atom is -0.461 e. The smallest absolute Gasteiger partial charge is 0.357 e. The van der Waals surface area contributed by atoms with Crippen molar-refractivity contribution in [2.75, 3.05) is 6.61 Å². The Bertz CT molecular complexity index is 525. The van der Waals surface area contributed by atoms with E-state index in [1.807, 2.05) is 30.3 Å². The number of ether oxygens (including phenoxy) is 1. The monoisotopic (exact) mass is 262 g/mol. The second kappa shape index (κ2) is 5.75. The maximum Gasteiger partial charge on any atom is 0.357 e. The zero-order valence-electron chi connectivity index (χ0n) is 10.00. The number of nitrogens with zero attached hydrogens (tertiary/aromatic N) is 1. The maximum atomic E-state index is 11.5. The van der Waals surface area contributed by atoms with Gasteiger partial charge < -0.3 is 10.5 Å². The van der Waals surface area contributed by atoms with Crippen molar-refractivity contribution in [3.8, 4) is 0 Å². The molecule has 18 heavy (non-hydrogen) atoms. The lowest BCUT2D eigenvalue weighted by Gasteiger charge is -2.07. The van der Waals surface area contributed by atoms with Crippen molar-refractivity contribution in [3.05, 3.63) is 52.0 Å². The van der Waals surface area contributed by atoms with Gasteiger partial charge in [0.25, 0.3) is 0 Å². The molecular weight excluding hydrogens is 248 g/mol. The van der Waals surface area contributed by atoms with Gasteiger partial charge in [-0.1, -0.05) is 30.3 Å². The SMILES string of the molecule is CCOC(=O)c1csc(C(N)c2ccccc2)n1. The molecule has 1 unspecified atom stereocenters. The molecule has 4 nitrogen and oxygen atoms in total. The van der Waals surface area contributed by atoms with Crippen LogP contribution in [0, 0.1) is 0 Å². The second-order valence-corrected chi connectivity index (χ2v) is 4.57. The average molecular weight is 262 g/mol. The molecule has 2 aromatic rings. The maximum absolute atomic E-state index is 11.5. The summed E-state index contributed by atoms with van der Waals surface area (Å²) in [5.74, 6) is -0.403. The van der Waals surface area contributed by atoms with Crippen LogP contribution in [0.5, 0.6) is 0 Å². The van der Waals surface area contributed by atoms with Gasteiger partial charge in [0.1, 0.15) is 5.01 Å². The van der Waals surface area contributed by atoms with E-state index in [0.29, 0.717) is 17.3 Å². The fourth-order valence-corrected chi connectivity index (χ4v) is 2.35. The molecule has 1 heterocycles. The first-order chi connectivity index (χ1) is 8.72. The highest BCUT2D eigenvalue weighted by atomic mass is 32.1. The summed E-state index contributed by atoms with van der Waals surface area (Å²) in [6.07, 6.45) is 0. The molecule has 1 aromatic carbocycles. The molecule has 0 amide bonds. The predicted molar refractivity (Wildman–Crippen MR) is 70.5 cm³/mol. The number of aromatic nitrogens is 1. The lowest BCUT2D eigenvalue weighted by atomic mass is 10.1. The standard InChI is InChI=1S/C13H14N2O2S/c1-2-17-13(16)10-8-18-12(15-10)11(14)9-6-4-3-5-7-9/h3-8,11H,2,14H2,1H3. The third kappa shape index (κ3) is 2.75. The molecule has 0 spiro atoms. The van der Waals surface area contributed by atoms with Gasteiger partial charge in [0.15, 0.2) is 5.69 Å². The van der Waals surface area contributed by atoms with Gasteiger partial charge in [0, 0.05) is 5.38 Å². The Kier molecular flexibility index (Phi) is 4.07. The number of carbonyl (C=O) groups excluding carboxylic acids is 1. The number of esters is 1. The Balaban J connectivity index is 2.17. The molecule has 0 saturated heterocycles. The number of benzene rings is 1. The molecule has 1 aromatic heterocycles. The fourth-order valence-electron chi connectivity index (χ4n) is 1.53. The summed E-state index contributed by atoms with van der Waals surface area (Å²) in [7, 11) is 0. The summed E-state index contributed by atoms with van der Waals surface area (Å²) >= 11 is 1.37. The molecule has 0 saturated carbocycles. The number of rotatable bonds is 4. The van der Waals surface area contributed by atoms with Crippen LogP contribution in [-0.4, -0.2) is 17.6 Å². The van der Waals surface area contributed by atoms with Gasteiger partial charge in [-0.25, -0.2) is 9.78 Å². The van der Waals surface area contributed by atoms with E-state index >= 15 is 0 Å². The normalized spacial score (nSPS) is 12.1. The highest BCUT2D eigenvalue weighted by Crippen LogP contribution is 2.22. The van der Waals surface area contributed by atoms with Crippen LogP contribution in [0.25, 0.3) is 0 Å². The lowest BCUT2D eigenvalue weighted by molar-refractivity contribution is 0.0520. The number of nitrogens with two attached hydrogens (primary N) is 1. The Morgan fingerprint density at radius 1 is 1.44 bits per heavy atom. The molecule has 1 atom stereocenters. The average Bonchev–Trinajstić information content (AvgIpc) is 2.89. The number of thiazole rings is 1. The fraction of sp³-hybridized carbons (Fsp3) is 0.231. The molecule has 0 bridgehead atoms. The lowest BCUT2D eigenvalue weighted by Crippen LogP contribution is -2.12. The first-order valence-corrected chi connectivity index (χ1v) is 6.53. The van der Waals surface area contributed by atoms with Crippen molar-refractivity contribution < 1.29 is 9.53 Å². The van der Waals surface area contributed by atoms with E-state index in [0.717, 1.165) is 5.56 Å². The Labute approximate surface area is 109 Å². The van der Waals surface area contributed by atoms with Crippen LogP contribution in [0.3, 0.4) is 0 Å². The third-order valence-corrected chi connectivity index (χ3v) is 3.36. The topological polar surface area (TPSA) is 65.2 Å². The van der Waals surface area contributed by atoms with E-state index < -0.39 is 5.97 Å². The quantitative estimate of drug-likeness (QED) is 0.859. The largest absolute Gasteiger partial charge is 0.461 e. The van der Waals surface area contributed by atoms with E-state index in [-0.39, 0.29) is 6.04 Å². The van der Waals surface area contributed by atoms with Crippen molar-refractivity contribution in [1.82, 2.24) is 4.98 Å². The summed E-state index contributed by atoms with van der Waals surface area (Å²) in [6, 6.07) is 9.36. The van der Waals surface area contributed by atoms with Crippen LogP contribution >= 0.6 is 11.3 Å². The Morgan fingerprint density at radius 3 is 2.83 bits per heavy atom. The highest BCUT2D eigenvalue weighted by Gasteiger charge is 2.16. The summed E-state index contributed by atoms with van der Waals surface area (Å²) in [5.41, 5.74) is 7.40. The Hall–Kier alpha value is -1.72. The molecule has 94 valence electrons. The van der Waals surface area contributed by atoms with Crippen molar-refractivity contribution in [2.45, 2.75) is 13.0 Å². The Morgan fingerprint density at radius 2 is 2.17 bits per heavy atom. The van der Waals surface area contributed by atoms with Crippen molar-refractivity contribution in [3.63, 3.8) is 0 Å². The van der Waals surface area contributed by atoms with Crippen LogP contribution in [0.1, 0.15) is 34.0 Å². The van der Waals surface area contributed by atoms with Gasteiger partial charge in [-0.15, -0.1) is 11.3 Å². The summed E-state index contributed by atoms with van der Waals surface area (Å²) < 4.78 is 4.89. The van der Waals surface area contributed by atoms with Crippen LogP contribution in [-0.2, 0) is 4.74 Å². The van der Waals surface area contributed by atoms with Gasteiger partial charge in [-0.05, 0) is 12.5 Å². The molecule has 5 heteroatoms. The van der Waals surface area contributed by atoms with E-state index in [9.17, 15) is 4.79 Å². The van der Waals surface area contributed by atoms with Gasteiger partial charge in [-0.3, -0.25) is 0 Å². The zero-order valence-corrected chi connectivity index (χ0v) is 10.8. The van der Waals surface area contributed by atoms with Gasteiger partial charge >= 0.3 is 5.97 Å². The van der Waals surface area contributed by atoms with Crippen molar-refractivity contribution >= 4 is 17.3 Å². The van der Waals surface area contributed by atoms with Crippen molar-refractivity contribution in [1.29, 1.82) is 0 Å². The zero-order chi connectivity index (χ0) is 13.0. The molecule has 2 N–H and O–H groups in total. The second-order valence-electron chi connectivity index (χ2n) is 3.68. The summed E-state index contributed by atoms with van der Waals surface area (Å²) in [4.78, 5) is 15.7. The molecule has 0 aliphatic rings. The van der Waals surface area contributed by atoms with Crippen molar-refractivity contribution in [2.24, 2.45) is 5.73 Å². The molecular formula is C13H14N2O2S. The van der Waals surface area contributed by atoms with Gasteiger partial charge in [-0.2, -0.15) is 0 Å². The summed E-state index contributed by atoms with van der Waals surface area (Å²) in [6.45, 7) is 2.11. The van der Waals surface area contributed by atoms with Gasteiger partial charge in [0.05, 0.1) is 12.6 Å². The minimum absolute atomic E-state index is 0.306. The third-order valence-electron chi connectivity index (χ3n) is 2.43. The van der Waals surface area contributed by atoms with E-state index in [2.05, 4.69) is 4.98 Å². The van der Waals surface area contributed by atoms with Crippen LogP contribution in [0.15, 0.2) is 35.7 Å². The number of hydrogen-bond donors (Lipinski definition) is 1. The molecule has 0 aliphatic heterocycles. The van der Waals surface area contributed by atoms with E-state index in [1.165, 1.54) is 11.3 Å². The van der Waals surface area contributed by atoms with Crippen LogP contribution in [0.2, 0.25) is 0 Å². The predicted octanol–water partition coefficient (Wildman–Crippen LogP) is 2.37. The first-order valence-electron chi connectivity index (χ1n) is 5.65.